The minimum Gasteiger partial charge on any atom is -0.342 e. The molecule has 0 atom stereocenters. The van der Waals surface area contributed by atoms with Crippen molar-refractivity contribution < 1.29 is 9.59 Å². The summed E-state index contributed by atoms with van der Waals surface area (Å²) in [6, 6.07) is -0.285. The molecule has 2 heterocycles. The van der Waals surface area contributed by atoms with Crippen molar-refractivity contribution in [2.24, 2.45) is 0 Å². The number of likely N-dealkylation sites (tertiary alicyclic amines) is 1. The number of hydrogen-bond acceptors (Lipinski definition) is 4. The van der Waals surface area contributed by atoms with Gasteiger partial charge in [-0.25, -0.2) is 9.78 Å². The largest absolute Gasteiger partial charge is 0.345 e. The van der Waals surface area contributed by atoms with Gasteiger partial charge in [0.05, 0.1) is 6.42 Å². The van der Waals surface area contributed by atoms with Gasteiger partial charge in [0, 0.05) is 32.6 Å². The highest BCUT2D eigenvalue weighted by Gasteiger charge is 2.27. The van der Waals surface area contributed by atoms with Crippen LogP contribution in [0.1, 0.15) is 45.3 Å². The summed E-state index contributed by atoms with van der Waals surface area (Å²) in [4.78, 5) is 32.3. The Balaban J connectivity index is 2.29. The van der Waals surface area contributed by atoms with Crippen molar-refractivity contribution in [3.8, 4) is 0 Å². The summed E-state index contributed by atoms with van der Waals surface area (Å²) in [5.74, 6) is 1.01. The molecule has 7 heteroatoms. The Hall–Kier alpha value is -1.92. The van der Waals surface area contributed by atoms with Crippen LogP contribution in [0.25, 0.3) is 0 Å². The van der Waals surface area contributed by atoms with Crippen LogP contribution in [0.3, 0.4) is 0 Å². The molecule has 1 fully saturated rings. The minimum atomic E-state index is -0.285. The van der Waals surface area contributed by atoms with E-state index in [1.165, 1.54) is 9.58 Å². The third-order valence-corrected chi connectivity index (χ3v) is 3.68. The SMILES string of the molecule is CN(C)C(=O)n1nc(C(C)(C)C)nc1CC(=O)N1CCCC1. The van der Waals surface area contributed by atoms with E-state index < -0.39 is 0 Å². The maximum absolute atomic E-state index is 12.3. The van der Waals surface area contributed by atoms with E-state index >= 15 is 0 Å². The van der Waals surface area contributed by atoms with Crippen LogP contribution >= 0.6 is 0 Å². The predicted molar refractivity (Wildman–Crippen MR) is 82.7 cm³/mol. The van der Waals surface area contributed by atoms with E-state index in [1.54, 1.807) is 14.1 Å². The number of amides is 2. The first kappa shape index (κ1) is 16.5. The normalized spacial score (nSPS) is 15.2. The average Bonchev–Trinajstić information content (AvgIpc) is 3.05. The van der Waals surface area contributed by atoms with Gasteiger partial charge in [0.15, 0.2) is 5.82 Å². The highest BCUT2D eigenvalue weighted by atomic mass is 16.2. The third-order valence-electron chi connectivity index (χ3n) is 3.68. The molecule has 1 aromatic heterocycles. The smallest absolute Gasteiger partial charge is 0.342 e. The molecule has 0 N–H and O–H groups in total. The van der Waals surface area contributed by atoms with Crippen LogP contribution in [0.2, 0.25) is 0 Å². The molecule has 0 aromatic carbocycles. The summed E-state index contributed by atoms with van der Waals surface area (Å²) in [6.07, 6.45) is 2.20. The molecular formula is C15H25N5O2. The van der Waals surface area contributed by atoms with E-state index in [9.17, 15) is 9.59 Å². The standard InChI is InChI=1S/C15H25N5O2/c1-15(2,3)13-16-11(20(17-13)14(22)18(4)5)10-12(21)19-8-6-7-9-19/h6-10H2,1-5H3. The lowest BCUT2D eigenvalue weighted by Crippen LogP contribution is -2.33. The molecule has 0 saturated carbocycles. The Morgan fingerprint density at radius 1 is 1.18 bits per heavy atom. The molecular weight excluding hydrogens is 282 g/mol. The van der Waals surface area contributed by atoms with Gasteiger partial charge in [-0.15, -0.1) is 5.10 Å². The van der Waals surface area contributed by atoms with E-state index in [1.807, 2.05) is 25.7 Å². The first-order valence-corrected chi connectivity index (χ1v) is 7.66. The zero-order chi connectivity index (χ0) is 16.5. The number of nitrogens with zero attached hydrogens (tertiary/aromatic N) is 5. The fourth-order valence-electron chi connectivity index (χ4n) is 2.33. The molecule has 0 bridgehead atoms. The summed E-state index contributed by atoms with van der Waals surface area (Å²) in [5.41, 5.74) is -0.275. The van der Waals surface area contributed by atoms with Crippen molar-refractivity contribution in [3.63, 3.8) is 0 Å². The fraction of sp³-hybridized carbons (Fsp3) is 0.733. The lowest BCUT2D eigenvalue weighted by molar-refractivity contribution is -0.129. The highest BCUT2D eigenvalue weighted by molar-refractivity contribution is 5.81. The number of carbonyl (C=O) groups excluding carboxylic acids is 2. The van der Waals surface area contributed by atoms with Crippen molar-refractivity contribution in [1.29, 1.82) is 0 Å². The van der Waals surface area contributed by atoms with Gasteiger partial charge in [-0.3, -0.25) is 4.79 Å². The summed E-state index contributed by atoms with van der Waals surface area (Å²) < 4.78 is 1.26. The van der Waals surface area contributed by atoms with Crippen LogP contribution in [0.4, 0.5) is 4.79 Å². The van der Waals surface area contributed by atoms with Crippen molar-refractivity contribution in [1.82, 2.24) is 24.6 Å². The third kappa shape index (κ3) is 3.45. The second kappa shape index (κ2) is 6.06. The maximum atomic E-state index is 12.3. The topological polar surface area (TPSA) is 71.3 Å². The average molecular weight is 307 g/mol. The highest BCUT2D eigenvalue weighted by Crippen LogP contribution is 2.19. The number of rotatable bonds is 2. The number of carbonyl (C=O) groups is 2. The van der Waals surface area contributed by atoms with E-state index in [4.69, 9.17) is 0 Å². The molecule has 22 heavy (non-hydrogen) atoms. The zero-order valence-electron chi connectivity index (χ0n) is 14.1. The second-order valence-electron chi connectivity index (χ2n) is 6.96. The van der Waals surface area contributed by atoms with Gasteiger partial charge >= 0.3 is 6.03 Å². The van der Waals surface area contributed by atoms with Gasteiger partial charge in [-0.05, 0) is 12.8 Å². The fourth-order valence-corrected chi connectivity index (χ4v) is 2.33. The Morgan fingerprint density at radius 2 is 1.77 bits per heavy atom. The van der Waals surface area contributed by atoms with Gasteiger partial charge in [0.25, 0.3) is 0 Å². The molecule has 0 unspecified atom stereocenters. The molecule has 1 saturated heterocycles. The number of aromatic nitrogens is 3. The van der Waals surface area contributed by atoms with Crippen molar-refractivity contribution >= 4 is 11.9 Å². The molecule has 2 amide bonds. The van der Waals surface area contributed by atoms with Crippen LogP contribution in [-0.2, 0) is 16.6 Å². The van der Waals surface area contributed by atoms with E-state index in [2.05, 4.69) is 10.1 Å². The molecule has 0 aliphatic carbocycles. The molecule has 1 aliphatic rings. The van der Waals surface area contributed by atoms with Gasteiger partial charge in [0.1, 0.15) is 5.82 Å². The maximum Gasteiger partial charge on any atom is 0.345 e. The molecule has 2 rings (SSSR count). The molecule has 7 nitrogen and oxygen atoms in total. The van der Waals surface area contributed by atoms with Crippen LogP contribution in [0.15, 0.2) is 0 Å². The Morgan fingerprint density at radius 3 is 2.27 bits per heavy atom. The van der Waals surface area contributed by atoms with Crippen LogP contribution in [0, 0.1) is 0 Å². The Kier molecular flexibility index (Phi) is 4.53. The lowest BCUT2D eigenvalue weighted by Gasteiger charge is -2.15. The quantitative estimate of drug-likeness (QED) is 0.825. The molecule has 0 spiro atoms. The van der Waals surface area contributed by atoms with Gasteiger partial charge in [-0.1, -0.05) is 20.8 Å². The summed E-state index contributed by atoms with van der Waals surface area (Å²) in [5, 5.41) is 4.33. The molecule has 1 aliphatic heterocycles. The molecule has 1 aromatic rings. The van der Waals surface area contributed by atoms with E-state index in [-0.39, 0.29) is 23.8 Å². The van der Waals surface area contributed by atoms with Crippen LogP contribution in [0.5, 0.6) is 0 Å². The van der Waals surface area contributed by atoms with Gasteiger partial charge in [0.2, 0.25) is 5.91 Å². The summed E-state index contributed by atoms with van der Waals surface area (Å²) in [7, 11) is 3.32. The van der Waals surface area contributed by atoms with Crippen molar-refractivity contribution in [2.75, 3.05) is 27.2 Å². The van der Waals surface area contributed by atoms with Gasteiger partial charge in [-0.2, -0.15) is 4.68 Å². The van der Waals surface area contributed by atoms with E-state index in [0.29, 0.717) is 11.6 Å². The second-order valence-corrected chi connectivity index (χ2v) is 6.96. The minimum absolute atomic E-state index is 0.0122. The monoisotopic (exact) mass is 307 g/mol. The zero-order valence-corrected chi connectivity index (χ0v) is 14.1. The first-order valence-electron chi connectivity index (χ1n) is 7.66. The van der Waals surface area contributed by atoms with Crippen LogP contribution < -0.4 is 0 Å². The lowest BCUT2D eigenvalue weighted by atomic mass is 9.96. The Labute approximate surface area is 131 Å². The summed E-state index contributed by atoms with van der Waals surface area (Å²) in [6.45, 7) is 7.54. The molecule has 0 radical (unpaired) electrons. The summed E-state index contributed by atoms with van der Waals surface area (Å²) >= 11 is 0. The van der Waals surface area contributed by atoms with E-state index in [0.717, 1.165) is 25.9 Å². The van der Waals surface area contributed by atoms with Crippen molar-refractivity contribution in [2.45, 2.75) is 45.4 Å². The Bertz CT molecular complexity index is 565. The van der Waals surface area contributed by atoms with Crippen LogP contribution in [-0.4, -0.2) is 63.7 Å². The predicted octanol–water partition coefficient (Wildman–Crippen LogP) is 1.27. The van der Waals surface area contributed by atoms with Gasteiger partial charge < -0.3 is 9.80 Å². The molecule has 122 valence electrons. The first-order chi connectivity index (χ1) is 10.2. The number of hydrogen-bond donors (Lipinski definition) is 0. The van der Waals surface area contributed by atoms with Crippen molar-refractivity contribution in [3.05, 3.63) is 11.6 Å².